The Balaban J connectivity index is 2.47. The molecule has 1 heterocycles. The summed E-state index contributed by atoms with van der Waals surface area (Å²) in [6.07, 6.45) is 0. The van der Waals surface area contributed by atoms with Crippen molar-refractivity contribution in [1.29, 1.82) is 0 Å². The van der Waals surface area contributed by atoms with Crippen LogP contribution in [0.4, 0.5) is 0 Å². The summed E-state index contributed by atoms with van der Waals surface area (Å²) in [4.78, 5) is 0. The highest BCUT2D eigenvalue weighted by molar-refractivity contribution is 5.46. The zero-order chi connectivity index (χ0) is 14.2. The summed E-state index contributed by atoms with van der Waals surface area (Å²) in [5.41, 5.74) is 10.8. The van der Waals surface area contributed by atoms with Crippen LogP contribution in [0.15, 0.2) is 22.6 Å². The number of ether oxygens (including phenoxy) is 1. The zero-order valence-electron chi connectivity index (χ0n) is 12.2. The van der Waals surface area contributed by atoms with Crippen molar-refractivity contribution in [2.45, 2.75) is 33.7 Å². The third-order valence-corrected chi connectivity index (χ3v) is 3.53. The number of hydrogen-bond donors (Lipinski definition) is 1. The van der Waals surface area contributed by atoms with Crippen LogP contribution < -0.4 is 10.5 Å². The number of nitrogens with two attached hydrogens (primary N) is 1. The molecule has 2 rings (SSSR count). The van der Waals surface area contributed by atoms with Gasteiger partial charge in [0.2, 0.25) is 0 Å². The molecule has 2 aromatic rings. The van der Waals surface area contributed by atoms with Crippen molar-refractivity contribution >= 4 is 0 Å². The van der Waals surface area contributed by atoms with Gasteiger partial charge < -0.3 is 14.9 Å². The van der Waals surface area contributed by atoms with Crippen molar-refractivity contribution in [2.24, 2.45) is 5.73 Å². The molecule has 0 bridgehead atoms. The molecule has 0 aliphatic heterocycles. The monoisotopic (exact) mass is 259 g/mol. The van der Waals surface area contributed by atoms with Gasteiger partial charge in [-0.25, -0.2) is 0 Å². The number of hydrogen-bond acceptors (Lipinski definition) is 3. The molecule has 1 atom stereocenters. The van der Waals surface area contributed by atoms with Crippen molar-refractivity contribution < 1.29 is 9.15 Å². The van der Waals surface area contributed by atoms with Crippen molar-refractivity contribution in [1.82, 2.24) is 0 Å². The molecule has 0 amide bonds. The minimum Gasteiger partial charge on any atom is -0.496 e. The second kappa shape index (κ2) is 5.10. The third-order valence-electron chi connectivity index (χ3n) is 3.53. The third kappa shape index (κ3) is 2.51. The summed E-state index contributed by atoms with van der Waals surface area (Å²) >= 11 is 0. The van der Waals surface area contributed by atoms with E-state index in [1.165, 1.54) is 0 Å². The fourth-order valence-electron chi connectivity index (χ4n) is 2.49. The van der Waals surface area contributed by atoms with Gasteiger partial charge in [-0.1, -0.05) is 6.07 Å². The first kappa shape index (κ1) is 13.7. The van der Waals surface area contributed by atoms with E-state index in [1.807, 2.05) is 32.9 Å². The summed E-state index contributed by atoms with van der Waals surface area (Å²) in [5, 5.41) is 0. The molecule has 0 aliphatic rings. The molecule has 0 saturated carbocycles. The molecule has 0 saturated heterocycles. The summed E-state index contributed by atoms with van der Waals surface area (Å²) < 4.78 is 10.9. The fraction of sp³-hybridized carbons (Fsp3) is 0.375. The Morgan fingerprint density at radius 1 is 1.00 bits per heavy atom. The van der Waals surface area contributed by atoms with Crippen molar-refractivity contribution in [3.05, 3.63) is 52.0 Å². The molecule has 102 valence electrons. The smallest absolute Gasteiger partial charge is 0.122 e. The maximum Gasteiger partial charge on any atom is 0.122 e. The molecule has 3 heteroatoms. The van der Waals surface area contributed by atoms with Crippen molar-refractivity contribution in [3.8, 4) is 5.75 Å². The highest BCUT2D eigenvalue weighted by Gasteiger charge is 2.18. The lowest BCUT2D eigenvalue weighted by molar-refractivity contribution is 0.411. The van der Waals surface area contributed by atoms with Gasteiger partial charge in [0.1, 0.15) is 17.3 Å². The van der Waals surface area contributed by atoms with Gasteiger partial charge in [0.25, 0.3) is 0 Å². The van der Waals surface area contributed by atoms with E-state index in [4.69, 9.17) is 14.9 Å². The molecule has 0 radical (unpaired) electrons. The predicted molar refractivity (Wildman–Crippen MR) is 76.7 cm³/mol. The van der Waals surface area contributed by atoms with Crippen LogP contribution in [0, 0.1) is 27.7 Å². The van der Waals surface area contributed by atoms with Crippen LogP contribution in [0.5, 0.6) is 5.75 Å². The predicted octanol–water partition coefficient (Wildman–Crippen LogP) is 3.57. The Morgan fingerprint density at radius 3 is 2.21 bits per heavy atom. The van der Waals surface area contributed by atoms with E-state index in [-0.39, 0.29) is 6.04 Å². The highest BCUT2D eigenvalue weighted by atomic mass is 16.5. The largest absolute Gasteiger partial charge is 0.496 e. The molecule has 1 aromatic heterocycles. The van der Waals surface area contributed by atoms with E-state index >= 15 is 0 Å². The van der Waals surface area contributed by atoms with Crippen LogP contribution in [0.25, 0.3) is 0 Å². The fourth-order valence-corrected chi connectivity index (χ4v) is 2.49. The van der Waals surface area contributed by atoms with Gasteiger partial charge in [0, 0.05) is 5.56 Å². The number of methoxy groups -OCH3 is 1. The summed E-state index contributed by atoms with van der Waals surface area (Å²) in [5.74, 6) is 2.68. The van der Waals surface area contributed by atoms with Gasteiger partial charge in [0.15, 0.2) is 0 Å². The maximum atomic E-state index is 6.39. The van der Waals surface area contributed by atoms with Crippen LogP contribution in [0.1, 0.15) is 39.8 Å². The minimum atomic E-state index is -0.165. The highest BCUT2D eigenvalue weighted by Crippen LogP contribution is 2.31. The second-order valence-corrected chi connectivity index (χ2v) is 5.02. The molecule has 3 nitrogen and oxygen atoms in total. The summed E-state index contributed by atoms with van der Waals surface area (Å²) in [7, 11) is 1.69. The lowest BCUT2D eigenvalue weighted by atomic mass is 9.94. The first-order chi connectivity index (χ1) is 8.93. The lowest BCUT2D eigenvalue weighted by Crippen LogP contribution is -2.14. The van der Waals surface area contributed by atoms with E-state index in [9.17, 15) is 0 Å². The Morgan fingerprint density at radius 2 is 1.68 bits per heavy atom. The van der Waals surface area contributed by atoms with E-state index in [2.05, 4.69) is 13.0 Å². The number of furan rings is 1. The van der Waals surface area contributed by atoms with E-state index in [0.29, 0.717) is 0 Å². The van der Waals surface area contributed by atoms with Gasteiger partial charge >= 0.3 is 0 Å². The van der Waals surface area contributed by atoms with Crippen LogP contribution in [-0.2, 0) is 0 Å². The molecule has 1 unspecified atom stereocenters. The van der Waals surface area contributed by atoms with E-state index < -0.39 is 0 Å². The van der Waals surface area contributed by atoms with Gasteiger partial charge in [0.05, 0.1) is 13.2 Å². The summed E-state index contributed by atoms with van der Waals surface area (Å²) in [6, 6.07) is 5.98. The van der Waals surface area contributed by atoms with Crippen LogP contribution >= 0.6 is 0 Å². The van der Waals surface area contributed by atoms with Gasteiger partial charge in [-0.3, -0.25) is 0 Å². The topological polar surface area (TPSA) is 48.4 Å². The quantitative estimate of drug-likeness (QED) is 0.916. The van der Waals surface area contributed by atoms with E-state index in [0.717, 1.165) is 39.5 Å². The molecule has 0 fully saturated rings. The second-order valence-electron chi connectivity index (χ2n) is 5.02. The number of aryl methyl sites for hydroxylation is 4. The zero-order valence-corrected chi connectivity index (χ0v) is 12.2. The Bertz CT molecular complexity index is 599. The Labute approximate surface area is 114 Å². The van der Waals surface area contributed by atoms with Crippen LogP contribution in [-0.4, -0.2) is 7.11 Å². The first-order valence-electron chi connectivity index (χ1n) is 6.41. The van der Waals surface area contributed by atoms with Crippen molar-refractivity contribution in [3.63, 3.8) is 0 Å². The number of benzene rings is 1. The standard InChI is InChI=1S/C16H21NO2/c1-9-7-15(18-5)10(2)6-13(9)16(17)14-8-11(3)19-12(14)4/h6-8,16H,17H2,1-5H3. The Kier molecular flexibility index (Phi) is 3.67. The van der Waals surface area contributed by atoms with Gasteiger partial charge in [-0.05, 0) is 56.5 Å². The molecule has 1 aromatic carbocycles. The Hall–Kier alpha value is -1.74. The molecule has 19 heavy (non-hydrogen) atoms. The molecular formula is C16H21NO2. The van der Waals surface area contributed by atoms with E-state index in [1.54, 1.807) is 7.11 Å². The summed E-state index contributed by atoms with van der Waals surface area (Å²) in [6.45, 7) is 7.98. The minimum absolute atomic E-state index is 0.165. The first-order valence-corrected chi connectivity index (χ1v) is 6.41. The molecular weight excluding hydrogens is 238 g/mol. The average molecular weight is 259 g/mol. The normalized spacial score (nSPS) is 12.5. The van der Waals surface area contributed by atoms with Crippen molar-refractivity contribution in [2.75, 3.05) is 7.11 Å². The SMILES string of the molecule is COc1cc(C)c(C(N)c2cc(C)oc2C)cc1C. The van der Waals surface area contributed by atoms with Crippen LogP contribution in [0.3, 0.4) is 0 Å². The molecule has 0 aliphatic carbocycles. The molecule has 0 spiro atoms. The van der Waals surface area contributed by atoms with Gasteiger partial charge in [-0.15, -0.1) is 0 Å². The molecule has 2 N–H and O–H groups in total. The number of rotatable bonds is 3. The average Bonchev–Trinajstić information content (AvgIpc) is 2.70. The van der Waals surface area contributed by atoms with Crippen LogP contribution in [0.2, 0.25) is 0 Å². The van der Waals surface area contributed by atoms with Gasteiger partial charge in [-0.2, -0.15) is 0 Å². The maximum absolute atomic E-state index is 6.39. The lowest BCUT2D eigenvalue weighted by Gasteiger charge is -2.17.